The van der Waals surface area contributed by atoms with Crippen molar-refractivity contribution in [3.05, 3.63) is 52.4 Å². The first-order valence-corrected chi connectivity index (χ1v) is 11.3. The van der Waals surface area contributed by atoms with Gasteiger partial charge in [-0.2, -0.15) is 0 Å². The number of nitrogens with zero attached hydrogens (tertiary/aromatic N) is 4. The molecule has 1 aromatic heterocycles. The number of anilines is 1. The molecule has 2 aromatic rings. The fourth-order valence-electron chi connectivity index (χ4n) is 5.31. The Bertz CT molecular complexity index is 933. The number of aromatic nitrogens is 2. The van der Waals surface area contributed by atoms with Gasteiger partial charge < -0.3 is 15.1 Å². The van der Waals surface area contributed by atoms with Crippen LogP contribution in [-0.2, 0) is 16.6 Å². The molecule has 1 aliphatic carbocycles. The van der Waals surface area contributed by atoms with E-state index in [0.717, 1.165) is 63.4 Å². The number of hydrogen-bond acceptors (Lipinski definition) is 5. The van der Waals surface area contributed by atoms with E-state index >= 15 is 0 Å². The van der Waals surface area contributed by atoms with Gasteiger partial charge >= 0.3 is 0 Å². The average molecular weight is 426 g/mol. The number of amides is 1. The van der Waals surface area contributed by atoms with Crippen LogP contribution < -0.4 is 10.2 Å². The third-order valence-electron chi connectivity index (χ3n) is 7.08. The molecule has 30 heavy (non-hydrogen) atoms. The monoisotopic (exact) mass is 425 g/mol. The van der Waals surface area contributed by atoms with Gasteiger partial charge in [-0.1, -0.05) is 30.7 Å². The van der Waals surface area contributed by atoms with E-state index in [1.54, 1.807) is 6.33 Å². The predicted octanol–water partition coefficient (Wildman–Crippen LogP) is 2.76. The Morgan fingerprint density at radius 1 is 1.17 bits per heavy atom. The second-order valence-corrected chi connectivity index (χ2v) is 9.23. The van der Waals surface area contributed by atoms with Crippen molar-refractivity contribution >= 4 is 23.3 Å². The molecule has 0 radical (unpaired) electrons. The molecule has 2 fully saturated rings. The molecule has 2 aliphatic heterocycles. The van der Waals surface area contributed by atoms with Crippen LogP contribution in [0.1, 0.15) is 42.5 Å². The Labute approximate surface area is 182 Å². The van der Waals surface area contributed by atoms with Gasteiger partial charge in [0.15, 0.2) is 0 Å². The topological polar surface area (TPSA) is 61.4 Å². The number of nitrogens with one attached hydrogen (secondary N) is 1. The van der Waals surface area contributed by atoms with Crippen LogP contribution in [0.4, 0.5) is 5.82 Å². The Hall–Kier alpha value is -2.18. The molecule has 7 heteroatoms. The summed E-state index contributed by atoms with van der Waals surface area (Å²) in [5.74, 6) is 1.82. The Morgan fingerprint density at radius 2 is 1.93 bits per heavy atom. The van der Waals surface area contributed by atoms with E-state index in [1.807, 2.05) is 29.2 Å². The number of carbonyl (C=O) groups excluding carboxylic acids is 1. The molecule has 1 aromatic carbocycles. The lowest BCUT2D eigenvalue weighted by Gasteiger charge is -2.40. The Morgan fingerprint density at radius 3 is 2.63 bits per heavy atom. The first-order chi connectivity index (χ1) is 14.6. The predicted molar refractivity (Wildman–Crippen MR) is 118 cm³/mol. The highest BCUT2D eigenvalue weighted by Crippen LogP contribution is 2.38. The van der Waals surface area contributed by atoms with E-state index in [9.17, 15) is 4.79 Å². The van der Waals surface area contributed by atoms with E-state index in [2.05, 4.69) is 27.1 Å². The van der Waals surface area contributed by atoms with Gasteiger partial charge in [0.2, 0.25) is 5.91 Å². The van der Waals surface area contributed by atoms with Crippen molar-refractivity contribution in [2.75, 3.05) is 44.2 Å². The fourth-order valence-corrected chi connectivity index (χ4v) is 5.44. The lowest BCUT2D eigenvalue weighted by Crippen LogP contribution is -2.55. The van der Waals surface area contributed by atoms with E-state index in [-0.39, 0.29) is 5.91 Å². The fraction of sp³-hybridized carbons (Fsp3) is 0.522. The third-order valence-corrected chi connectivity index (χ3v) is 7.33. The van der Waals surface area contributed by atoms with E-state index in [0.29, 0.717) is 17.5 Å². The summed E-state index contributed by atoms with van der Waals surface area (Å²) in [5, 5.41) is 4.11. The second-order valence-electron chi connectivity index (χ2n) is 8.79. The molecule has 0 bridgehead atoms. The molecule has 6 nitrogen and oxygen atoms in total. The number of benzene rings is 1. The van der Waals surface area contributed by atoms with Crippen LogP contribution in [-0.4, -0.2) is 60.0 Å². The molecular formula is C23H28ClN5O. The summed E-state index contributed by atoms with van der Waals surface area (Å²) in [7, 11) is 0. The minimum atomic E-state index is -0.489. The maximum atomic E-state index is 13.7. The SMILES string of the molecule is C[C@@H]1CCc2ncnc(N3CCN(C(=O)C4(c5ccc(Cl)cc5)CCNC4)CC3)c21. The van der Waals surface area contributed by atoms with E-state index < -0.39 is 5.41 Å². The van der Waals surface area contributed by atoms with E-state index in [4.69, 9.17) is 11.6 Å². The zero-order valence-corrected chi connectivity index (χ0v) is 18.2. The summed E-state index contributed by atoms with van der Waals surface area (Å²) in [6, 6.07) is 7.79. The smallest absolute Gasteiger partial charge is 0.234 e. The van der Waals surface area contributed by atoms with Gasteiger partial charge in [0, 0.05) is 49.0 Å². The molecule has 158 valence electrons. The molecule has 5 rings (SSSR count). The minimum Gasteiger partial charge on any atom is -0.353 e. The normalized spacial score (nSPS) is 26.1. The van der Waals surface area contributed by atoms with Gasteiger partial charge in [-0.3, -0.25) is 4.79 Å². The van der Waals surface area contributed by atoms with Crippen LogP contribution in [0, 0.1) is 0 Å². The lowest BCUT2D eigenvalue weighted by atomic mass is 9.78. The highest BCUT2D eigenvalue weighted by molar-refractivity contribution is 6.30. The molecule has 1 N–H and O–H groups in total. The number of rotatable bonds is 3. The number of halogens is 1. The molecule has 3 heterocycles. The van der Waals surface area contributed by atoms with Gasteiger partial charge in [-0.25, -0.2) is 9.97 Å². The largest absolute Gasteiger partial charge is 0.353 e. The first kappa shape index (κ1) is 19.8. The molecule has 3 aliphatic rings. The van der Waals surface area contributed by atoms with Crippen molar-refractivity contribution in [1.29, 1.82) is 0 Å². The van der Waals surface area contributed by atoms with Crippen LogP contribution in [0.5, 0.6) is 0 Å². The van der Waals surface area contributed by atoms with Crippen molar-refractivity contribution in [3.8, 4) is 0 Å². The molecule has 1 amide bonds. The number of fused-ring (bicyclic) bond motifs is 1. The van der Waals surface area contributed by atoms with Gasteiger partial charge in [-0.15, -0.1) is 0 Å². The summed E-state index contributed by atoms with van der Waals surface area (Å²) in [4.78, 5) is 27.2. The second kappa shape index (κ2) is 7.82. The lowest BCUT2D eigenvalue weighted by molar-refractivity contribution is -0.137. The minimum absolute atomic E-state index is 0.232. The van der Waals surface area contributed by atoms with Crippen LogP contribution >= 0.6 is 11.6 Å². The van der Waals surface area contributed by atoms with Crippen LogP contribution in [0.25, 0.3) is 0 Å². The van der Waals surface area contributed by atoms with Crippen LogP contribution in [0.3, 0.4) is 0 Å². The van der Waals surface area contributed by atoms with Crippen molar-refractivity contribution in [3.63, 3.8) is 0 Å². The molecule has 1 unspecified atom stereocenters. The van der Waals surface area contributed by atoms with Crippen LogP contribution in [0.2, 0.25) is 5.02 Å². The zero-order valence-electron chi connectivity index (χ0n) is 17.4. The highest BCUT2D eigenvalue weighted by atomic mass is 35.5. The van der Waals surface area contributed by atoms with Gasteiger partial charge in [0.1, 0.15) is 12.1 Å². The Balaban J connectivity index is 1.34. The molecule has 0 saturated carbocycles. The van der Waals surface area contributed by atoms with Crippen LogP contribution in [0.15, 0.2) is 30.6 Å². The number of piperazine rings is 1. The summed E-state index contributed by atoms with van der Waals surface area (Å²) in [6.45, 7) is 6.88. The molecule has 2 atom stereocenters. The van der Waals surface area contributed by atoms with Gasteiger partial charge in [-0.05, 0) is 49.4 Å². The van der Waals surface area contributed by atoms with Crippen molar-refractivity contribution in [2.45, 2.75) is 37.5 Å². The summed E-state index contributed by atoms with van der Waals surface area (Å²) in [5.41, 5.74) is 3.09. The van der Waals surface area contributed by atoms with E-state index in [1.165, 1.54) is 11.3 Å². The quantitative estimate of drug-likeness (QED) is 0.819. The highest BCUT2D eigenvalue weighted by Gasteiger charge is 2.45. The van der Waals surface area contributed by atoms with Gasteiger partial charge in [0.05, 0.1) is 5.41 Å². The summed E-state index contributed by atoms with van der Waals surface area (Å²) < 4.78 is 0. The van der Waals surface area contributed by atoms with Crippen molar-refractivity contribution in [1.82, 2.24) is 20.2 Å². The number of carbonyl (C=O) groups is 1. The molecule has 2 saturated heterocycles. The zero-order chi connectivity index (χ0) is 20.7. The third kappa shape index (κ3) is 3.26. The first-order valence-electron chi connectivity index (χ1n) is 10.9. The summed E-state index contributed by atoms with van der Waals surface area (Å²) in [6.07, 6.45) is 4.71. The molecular weight excluding hydrogens is 398 g/mol. The average Bonchev–Trinajstić information content (AvgIpc) is 3.42. The number of aryl methyl sites for hydroxylation is 1. The standard InChI is InChI=1S/C23H28ClN5O/c1-16-2-7-19-20(16)21(27-15-26-19)28-10-12-29(13-11-28)22(30)23(8-9-25-14-23)17-3-5-18(24)6-4-17/h3-6,15-16,25H,2,7-14H2,1H3/t16-,23?/m1/s1. The Kier molecular flexibility index (Phi) is 5.15. The van der Waals surface area contributed by atoms with Crippen molar-refractivity contribution < 1.29 is 4.79 Å². The maximum absolute atomic E-state index is 13.7. The van der Waals surface area contributed by atoms with Gasteiger partial charge in [0.25, 0.3) is 0 Å². The number of hydrogen-bond donors (Lipinski definition) is 1. The van der Waals surface area contributed by atoms with Crippen molar-refractivity contribution in [2.24, 2.45) is 0 Å². The maximum Gasteiger partial charge on any atom is 0.234 e. The molecule has 0 spiro atoms. The summed E-state index contributed by atoms with van der Waals surface area (Å²) >= 11 is 6.09.